The molecule has 1 unspecified atom stereocenters. The summed E-state index contributed by atoms with van der Waals surface area (Å²) in [5.41, 5.74) is 2.11. The topological polar surface area (TPSA) is 73.2 Å². The van der Waals surface area contributed by atoms with Gasteiger partial charge in [0.2, 0.25) is 0 Å². The molecule has 3 N–H and O–H groups in total. The van der Waals surface area contributed by atoms with E-state index in [1.54, 1.807) is 13.2 Å². The van der Waals surface area contributed by atoms with Gasteiger partial charge < -0.3 is 20.1 Å². The van der Waals surface area contributed by atoms with Gasteiger partial charge >= 0.3 is 0 Å². The van der Waals surface area contributed by atoms with Gasteiger partial charge in [0.1, 0.15) is 0 Å². The summed E-state index contributed by atoms with van der Waals surface area (Å²) in [7, 11) is 1.54. The summed E-state index contributed by atoms with van der Waals surface area (Å²) in [5.74, 6) is -0.771. The van der Waals surface area contributed by atoms with Crippen molar-refractivity contribution in [3.05, 3.63) is 23.3 Å². The molecule has 0 amide bonds. The fraction of sp³-hybridized carbons (Fsp3) is 0.667. The third-order valence-electron chi connectivity index (χ3n) is 5.27. The molecule has 2 aliphatic heterocycles. The number of aromatic hydroxyl groups is 1. The number of methoxy groups -OCH3 is 1. The molecule has 0 bridgehead atoms. The highest BCUT2D eigenvalue weighted by Crippen LogP contribution is 2.45. The van der Waals surface area contributed by atoms with Gasteiger partial charge in [-0.15, -0.1) is 0 Å². The van der Waals surface area contributed by atoms with Crippen LogP contribution in [0.3, 0.4) is 0 Å². The van der Waals surface area contributed by atoms with Crippen LogP contribution in [-0.2, 0) is 6.42 Å². The molecule has 1 aromatic rings. The van der Waals surface area contributed by atoms with E-state index in [9.17, 15) is 15.3 Å². The van der Waals surface area contributed by atoms with Gasteiger partial charge in [-0.2, -0.15) is 0 Å². The number of phenols is 1. The lowest BCUT2D eigenvalue weighted by Crippen LogP contribution is -2.55. The largest absolute Gasteiger partial charge is 0.504 e. The average Bonchev–Trinajstić information content (AvgIpc) is 2.47. The number of ether oxygens (including phenoxy) is 1. The van der Waals surface area contributed by atoms with Crippen LogP contribution in [-0.4, -0.2) is 46.2 Å². The first-order valence-electron chi connectivity index (χ1n) is 8.40. The first-order chi connectivity index (χ1) is 10.8. The second-order valence-electron chi connectivity index (χ2n) is 7.39. The second kappa shape index (κ2) is 5.96. The monoisotopic (exact) mass is 321 g/mol. The van der Waals surface area contributed by atoms with E-state index in [4.69, 9.17) is 4.74 Å². The summed E-state index contributed by atoms with van der Waals surface area (Å²) in [4.78, 5) is 2.33. The molecule has 3 rings (SSSR count). The van der Waals surface area contributed by atoms with Crippen molar-refractivity contribution in [3.8, 4) is 11.5 Å². The first kappa shape index (κ1) is 16.6. The summed E-state index contributed by atoms with van der Waals surface area (Å²) < 4.78 is 5.19. The SMILES string of the molecule is COc1cc2c(cc1O)[C@H]1CC(O)(O)C(CC(C)C)CN1CC2. The maximum absolute atomic E-state index is 10.6. The van der Waals surface area contributed by atoms with Gasteiger partial charge in [0.25, 0.3) is 0 Å². The highest BCUT2D eigenvalue weighted by molar-refractivity contribution is 5.48. The summed E-state index contributed by atoms with van der Waals surface area (Å²) in [5, 5.41) is 31.2. The van der Waals surface area contributed by atoms with Crippen molar-refractivity contribution in [2.24, 2.45) is 11.8 Å². The quantitative estimate of drug-likeness (QED) is 0.743. The molecule has 2 atom stereocenters. The Morgan fingerprint density at radius 1 is 1.35 bits per heavy atom. The van der Waals surface area contributed by atoms with E-state index in [0.29, 0.717) is 18.2 Å². The van der Waals surface area contributed by atoms with Crippen molar-refractivity contribution < 1.29 is 20.1 Å². The Labute approximate surface area is 137 Å². The van der Waals surface area contributed by atoms with Crippen LogP contribution in [0.1, 0.15) is 43.9 Å². The Morgan fingerprint density at radius 3 is 2.74 bits per heavy atom. The van der Waals surface area contributed by atoms with E-state index < -0.39 is 5.79 Å². The van der Waals surface area contributed by atoms with Crippen LogP contribution in [0.5, 0.6) is 11.5 Å². The van der Waals surface area contributed by atoms with E-state index in [0.717, 1.165) is 30.5 Å². The summed E-state index contributed by atoms with van der Waals surface area (Å²) in [6, 6.07) is 3.54. The molecule has 0 aromatic heterocycles. The molecule has 5 heteroatoms. The van der Waals surface area contributed by atoms with Crippen LogP contribution >= 0.6 is 0 Å². The smallest absolute Gasteiger partial charge is 0.168 e. The fourth-order valence-corrected chi connectivity index (χ4v) is 4.10. The van der Waals surface area contributed by atoms with Crippen molar-refractivity contribution in [1.82, 2.24) is 4.90 Å². The predicted molar refractivity (Wildman–Crippen MR) is 87.4 cm³/mol. The molecule has 128 valence electrons. The zero-order valence-corrected chi connectivity index (χ0v) is 14.1. The molecule has 1 fully saturated rings. The van der Waals surface area contributed by atoms with Crippen molar-refractivity contribution in [2.45, 2.75) is 44.9 Å². The first-order valence-corrected chi connectivity index (χ1v) is 8.40. The lowest BCUT2D eigenvalue weighted by atomic mass is 9.77. The second-order valence-corrected chi connectivity index (χ2v) is 7.39. The van der Waals surface area contributed by atoms with E-state index >= 15 is 0 Å². The number of hydrogen-bond donors (Lipinski definition) is 3. The maximum atomic E-state index is 10.6. The van der Waals surface area contributed by atoms with Crippen molar-refractivity contribution in [1.29, 1.82) is 0 Å². The third-order valence-corrected chi connectivity index (χ3v) is 5.27. The molecular weight excluding hydrogens is 294 g/mol. The van der Waals surface area contributed by atoms with E-state index in [-0.39, 0.29) is 24.1 Å². The molecule has 2 heterocycles. The van der Waals surface area contributed by atoms with Crippen molar-refractivity contribution >= 4 is 0 Å². The van der Waals surface area contributed by atoms with Crippen molar-refractivity contribution in [3.63, 3.8) is 0 Å². The Morgan fingerprint density at radius 2 is 2.09 bits per heavy atom. The highest BCUT2D eigenvalue weighted by atomic mass is 16.5. The van der Waals surface area contributed by atoms with Crippen molar-refractivity contribution in [2.75, 3.05) is 20.2 Å². The molecule has 0 aliphatic carbocycles. The van der Waals surface area contributed by atoms with Gasteiger partial charge in [-0.25, -0.2) is 0 Å². The number of rotatable bonds is 3. The van der Waals surface area contributed by atoms with E-state index in [1.165, 1.54) is 0 Å². The van der Waals surface area contributed by atoms with Gasteiger partial charge in [-0.05, 0) is 42.0 Å². The van der Waals surface area contributed by atoms with Crippen LogP contribution in [0, 0.1) is 11.8 Å². The number of aliphatic hydroxyl groups is 2. The van der Waals surface area contributed by atoms with Gasteiger partial charge in [-0.1, -0.05) is 13.8 Å². The summed E-state index contributed by atoms with van der Waals surface area (Å²) >= 11 is 0. The molecule has 2 aliphatic rings. The van der Waals surface area contributed by atoms with E-state index in [2.05, 4.69) is 18.7 Å². The van der Waals surface area contributed by atoms with Crippen LogP contribution in [0.25, 0.3) is 0 Å². The van der Waals surface area contributed by atoms with Crippen LogP contribution in [0.2, 0.25) is 0 Å². The van der Waals surface area contributed by atoms with Crippen LogP contribution in [0.4, 0.5) is 0 Å². The zero-order valence-electron chi connectivity index (χ0n) is 14.1. The van der Waals surface area contributed by atoms with Gasteiger partial charge in [-0.3, -0.25) is 4.90 Å². The molecule has 23 heavy (non-hydrogen) atoms. The van der Waals surface area contributed by atoms with Crippen LogP contribution < -0.4 is 4.74 Å². The molecule has 1 aromatic carbocycles. The number of phenolic OH excluding ortho intramolecular Hbond substituents is 1. The fourth-order valence-electron chi connectivity index (χ4n) is 4.10. The molecule has 1 saturated heterocycles. The minimum Gasteiger partial charge on any atom is -0.504 e. The number of benzene rings is 1. The molecule has 0 saturated carbocycles. The minimum atomic E-state index is -1.66. The van der Waals surface area contributed by atoms with Crippen LogP contribution in [0.15, 0.2) is 12.1 Å². The zero-order chi connectivity index (χ0) is 16.8. The summed E-state index contributed by atoms with van der Waals surface area (Å²) in [6.45, 7) is 5.80. The van der Waals surface area contributed by atoms with Gasteiger partial charge in [0, 0.05) is 31.5 Å². The van der Waals surface area contributed by atoms with Gasteiger partial charge in [0.05, 0.1) is 7.11 Å². The highest BCUT2D eigenvalue weighted by Gasteiger charge is 2.46. The number of piperidine rings is 1. The standard InChI is InChI=1S/C18H27NO4/c1-11(2)6-13-10-19-5-4-12-7-17(23-3)16(20)8-14(12)15(19)9-18(13,21)22/h7-8,11,13,15,20-22H,4-6,9-10H2,1-3H3/t13?,15-/m1/s1. The lowest BCUT2D eigenvalue weighted by Gasteiger charge is -2.49. The molecule has 0 spiro atoms. The average molecular weight is 321 g/mol. The number of nitrogens with zero attached hydrogens (tertiary/aromatic N) is 1. The molecule has 5 nitrogen and oxygen atoms in total. The number of fused-ring (bicyclic) bond motifs is 3. The number of hydrogen-bond acceptors (Lipinski definition) is 5. The lowest BCUT2D eigenvalue weighted by molar-refractivity contribution is -0.241. The maximum Gasteiger partial charge on any atom is 0.168 e. The van der Waals surface area contributed by atoms with E-state index in [1.807, 2.05) is 6.07 Å². The minimum absolute atomic E-state index is 0.0611. The normalized spacial score (nSPS) is 26.7. The third kappa shape index (κ3) is 3.05. The Balaban J connectivity index is 1.90. The molecular formula is C18H27NO4. The Bertz CT molecular complexity index is 585. The predicted octanol–water partition coefficient (Wildman–Crippen LogP) is 2.05. The Kier molecular flexibility index (Phi) is 4.29. The van der Waals surface area contributed by atoms with Gasteiger partial charge in [0.15, 0.2) is 17.3 Å². The molecule has 0 radical (unpaired) electrons. The Hall–Kier alpha value is -1.30. The summed E-state index contributed by atoms with van der Waals surface area (Å²) in [6.07, 6.45) is 1.97.